The molecule has 5 heteroatoms. The Labute approximate surface area is 113 Å². The van der Waals surface area contributed by atoms with Gasteiger partial charge in [-0.1, -0.05) is 6.07 Å². The highest BCUT2D eigenvalue weighted by atomic mass is 16.4. The van der Waals surface area contributed by atoms with Crippen molar-refractivity contribution in [2.45, 2.75) is 33.2 Å². The Balaban J connectivity index is 3.02. The predicted molar refractivity (Wildman–Crippen MR) is 74.0 cm³/mol. The number of benzene rings is 1. The highest BCUT2D eigenvalue weighted by Crippen LogP contribution is 2.19. The number of anilines is 1. The lowest BCUT2D eigenvalue weighted by atomic mass is 10.0. The molecule has 0 spiro atoms. The van der Waals surface area contributed by atoms with E-state index >= 15 is 0 Å². The molecule has 1 amide bonds. The highest BCUT2D eigenvalue weighted by Gasteiger charge is 2.23. The highest BCUT2D eigenvalue weighted by molar-refractivity contribution is 5.97. The third-order valence-corrected chi connectivity index (χ3v) is 3.21. The van der Waals surface area contributed by atoms with E-state index < -0.39 is 5.97 Å². The number of carboxylic acids is 1. The summed E-state index contributed by atoms with van der Waals surface area (Å²) in [5.41, 5.74) is 7.61. The van der Waals surface area contributed by atoms with Crippen molar-refractivity contribution in [1.29, 1.82) is 0 Å². The standard InChI is InChI=1S/C14H20N2O3/c1-4-16(9(2)8-13(17)18)14(19)11-6-5-7-12(15)10(11)3/h5-7,9H,4,8,15H2,1-3H3,(H,17,18). The summed E-state index contributed by atoms with van der Waals surface area (Å²) in [6.45, 7) is 5.81. The van der Waals surface area contributed by atoms with Crippen molar-refractivity contribution >= 4 is 17.6 Å². The van der Waals surface area contributed by atoms with Gasteiger partial charge in [-0.3, -0.25) is 9.59 Å². The Kier molecular flexibility index (Phi) is 4.92. The minimum Gasteiger partial charge on any atom is -0.481 e. The SMILES string of the molecule is CCN(C(=O)c1cccc(N)c1C)C(C)CC(=O)O. The van der Waals surface area contributed by atoms with Crippen LogP contribution in [0.4, 0.5) is 5.69 Å². The van der Waals surface area contributed by atoms with Crippen molar-refractivity contribution in [3.05, 3.63) is 29.3 Å². The van der Waals surface area contributed by atoms with Gasteiger partial charge in [-0.2, -0.15) is 0 Å². The molecular formula is C14H20N2O3. The minimum atomic E-state index is -0.914. The smallest absolute Gasteiger partial charge is 0.305 e. The fourth-order valence-electron chi connectivity index (χ4n) is 2.06. The maximum atomic E-state index is 12.4. The zero-order chi connectivity index (χ0) is 14.6. The zero-order valence-electron chi connectivity index (χ0n) is 11.5. The van der Waals surface area contributed by atoms with Crippen LogP contribution in [0.2, 0.25) is 0 Å². The molecule has 1 atom stereocenters. The predicted octanol–water partition coefficient (Wildman–Crippen LogP) is 1.90. The van der Waals surface area contributed by atoms with E-state index in [-0.39, 0.29) is 18.4 Å². The van der Waals surface area contributed by atoms with Crippen molar-refractivity contribution in [3.8, 4) is 0 Å². The van der Waals surface area contributed by atoms with Gasteiger partial charge in [-0.05, 0) is 38.5 Å². The fraction of sp³-hybridized carbons (Fsp3) is 0.429. The van der Waals surface area contributed by atoms with E-state index in [0.717, 1.165) is 5.56 Å². The van der Waals surface area contributed by atoms with Crippen LogP contribution >= 0.6 is 0 Å². The maximum absolute atomic E-state index is 12.4. The number of carbonyl (C=O) groups is 2. The summed E-state index contributed by atoms with van der Waals surface area (Å²) in [5.74, 6) is -1.09. The van der Waals surface area contributed by atoms with Crippen LogP contribution in [-0.2, 0) is 4.79 Å². The zero-order valence-corrected chi connectivity index (χ0v) is 11.5. The lowest BCUT2D eigenvalue weighted by Crippen LogP contribution is -2.40. The van der Waals surface area contributed by atoms with Crippen molar-refractivity contribution in [2.75, 3.05) is 12.3 Å². The Hall–Kier alpha value is -2.04. The molecule has 1 aromatic rings. The first-order valence-corrected chi connectivity index (χ1v) is 6.26. The van der Waals surface area contributed by atoms with E-state index in [2.05, 4.69) is 0 Å². The van der Waals surface area contributed by atoms with Crippen LogP contribution in [0.5, 0.6) is 0 Å². The molecule has 1 aromatic carbocycles. The molecule has 5 nitrogen and oxygen atoms in total. The Bertz CT molecular complexity index is 486. The minimum absolute atomic E-state index is 0.0685. The molecule has 0 saturated carbocycles. The Morgan fingerprint density at radius 2 is 2.05 bits per heavy atom. The molecule has 0 fully saturated rings. The number of nitrogen functional groups attached to an aromatic ring is 1. The van der Waals surface area contributed by atoms with Gasteiger partial charge < -0.3 is 15.7 Å². The molecule has 0 radical (unpaired) electrons. The van der Waals surface area contributed by atoms with Gasteiger partial charge in [0.05, 0.1) is 6.42 Å². The monoisotopic (exact) mass is 264 g/mol. The molecule has 1 rings (SSSR count). The van der Waals surface area contributed by atoms with Gasteiger partial charge in [-0.15, -0.1) is 0 Å². The molecule has 1 unspecified atom stereocenters. The van der Waals surface area contributed by atoms with Crippen molar-refractivity contribution in [3.63, 3.8) is 0 Å². The second kappa shape index (κ2) is 6.22. The van der Waals surface area contributed by atoms with Gasteiger partial charge in [0.15, 0.2) is 0 Å². The van der Waals surface area contributed by atoms with Crippen LogP contribution in [-0.4, -0.2) is 34.5 Å². The number of rotatable bonds is 5. The maximum Gasteiger partial charge on any atom is 0.305 e. The van der Waals surface area contributed by atoms with Crippen LogP contribution in [0, 0.1) is 6.92 Å². The fourth-order valence-corrected chi connectivity index (χ4v) is 2.06. The van der Waals surface area contributed by atoms with E-state index in [0.29, 0.717) is 17.8 Å². The number of nitrogens with zero attached hydrogens (tertiary/aromatic N) is 1. The van der Waals surface area contributed by atoms with E-state index in [1.807, 2.05) is 6.92 Å². The largest absolute Gasteiger partial charge is 0.481 e. The van der Waals surface area contributed by atoms with Crippen LogP contribution in [0.3, 0.4) is 0 Å². The van der Waals surface area contributed by atoms with Crippen LogP contribution in [0.1, 0.15) is 36.2 Å². The third kappa shape index (κ3) is 3.47. The molecule has 0 bridgehead atoms. The van der Waals surface area contributed by atoms with Crippen LogP contribution < -0.4 is 5.73 Å². The Morgan fingerprint density at radius 3 is 2.58 bits per heavy atom. The number of hydrogen-bond donors (Lipinski definition) is 2. The molecule has 19 heavy (non-hydrogen) atoms. The first-order valence-electron chi connectivity index (χ1n) is 6.26. The summed E-state index contributed by atoms with van der Waals surface area (Å²) >= 11 is 0. The van der Waals surface area contributed by atoms with Gasteiger partial charge in [0.1, 0.15) is 0 Å². The van der Waals surface area contributed by atoms with Crippen molar-refractivity contribution in [2.24, 2.45) is 0 Å². The summed E-state index contributed by atoms with van der Waals surface area (Å²) < 4.78 is 0. The lowest BCUT2D eigenvalue weighted by Gasteiger charge is -2.27. The molecule has 0 aliphatic carbocycles. The van der Waals surface area contributed by atoms with E-state index in [1.165, 1.54) is 0 Å². The summed E-state index contributed by atoms with van der Waals surface area (Å²) in [4.78, 5) is 24.8. The van der Waals surface area contributed by atoms with Crippen molar-refractivity contribution < 1.29 is 14.7 Å². The molecule has 0 aliphatic heterocycles. The van der Waals surface area contributed by atoms with Gasteiger partial charge in [0.2, 0.25) is 0 Å². The van der Waals surface area contributed by atoms with Gasteiger partial charge in [0, 0.05) is 23.8 Å². The summed E-state index contributed by atoms with van der Waals surface area (Å²) in [6, 6.07) is 4.83. The number of nitrogens with two attached hydrogens (primary N) is 1. The third-order valence-electron chi connectivity index (χ3n) is 3.21. The lowest BCUT2D eigenvalue weighted by molar-refractivity contribution is -0.138. The second-order valence-electron chi connectivity index (χ2n) is 4.56. The number of aliphatic carboxylic acids is 1. The quantitative estimate of drug-likeness (QED) is 0.796. The topological polar surface area (TPSA) is 83.6 Å². The first-order chi connectivity index (χ1) is 8.88. The van der Waals surface area contributed by atoms with E-state index in [9.17, 15) is 9.59 Å². The first kappa shape index (κ1) is 15.0. The molecule has 0 saturated heterocycles. The molecule has 0 aromatic heterocycles. The average molecular weight is 264 g/mol. The summed E-state index contributed by atoms with van der Waals surface area (Å²) in [6.07, 6.45) is -0.0685. The van der Waals surface area contributed by atoms with Gasteiger partial charge in [-0.25, -0.2) is 0 Å². The normalized spacial score (nSPS) is 11.9. The molecular weight excluding hydrogens is 244 g/mol. The summed E-state index contributed by atoms with van der Waals surface area (Å²) in [7, 11) is 0. The van der Waals surface area contributed by atoms with Crippen molar-refractivity contribution in [1.82, 2.24) is 4.90 Å². The van der Waals surface area contributed by atoms with Gasteiger partial charge in [0.25, 0.3) is 5.91 Å². The van der Waals surface area contributed by atoms with Crippen LogP contribution in [0.15, 0.2) is 18.2 Å². The average Bonchev–Trinajstić information content (AvgIpc) is 2.32. The second-order valence-corrected chi connectivity index (χ2v) is 4.56. The number of hydrogen-bond acceptors (Lipinski definition) is 3. The summed E-state index contributed by atoms with van der Waals surface area (Å²) in [5, 5.41) is 8.82. The number of carbonyl (C=O) groups excluding carboxylic acids is 1. The van der Waals surface area contributed by atoms with E-state index in [4.69, 9.17) is 10.8 Å². The van der Waals surface area contributed by atoms with Gasteiger partial charge >= 0.3 is 5.97 Å². The Morgan fingerprint density at radius 1 is 1.42 bits per heavy atom. The molecule has 104 valence electrons. The molecule has 0 aliphatic rings. The molecule has 3 N–H and O–H groups in total. The number of carboxylic acid groups (broad SMARTS) is 1. The number of amides is 1. The van der Waals surface area contributed by atoms with Crippen LogP contribution in [0.25, 0.3) is 0 Å². The molecule has 0 heterocycles. The van der Waals surface area contributed by atoms with E-state index in [1.54, 1.807) is 36.9 Å².